The number of para-hydroxylation sites is 1. The first-order valence-corrected chi connectivity index (χ1v) is 10.3. The Balaban J connectivity index is 2.03. The van der Waals surface area contributed by atoms with Crippen molar-refractivity contribution in [1.82, 2.24) is 0 Å². The van der Waals surface area contributed by atoms with Crippen LogP contribution in [0.2, 0.25) is 0 Å². The number of benzene rings is 3. The molecule has 5 heteroatoms. The van der Waals surface area contributed by atoms with Gasteiger partial charge in [0.25, 0.3) is 0 Å². The molecule has 0 radical (unpaired) electrons. The SMILES string of the molecule is N/C(=N\P(=S)(c1ccccc1)c1ccccc1)Nc1ccccc1. The predicted molar refractivity (Wildman–Crippen MR) is 108 cm³/mol. The molecule has 0 aliphatic rings. The minimum absolute atomic E-state index is 0.331. The van der Waals surface area contributed by atoms with Gasteiger partial charge in [0.15, 0.2) is 5.96 Å². The molecule has 0 spiro atoms. The number of anilines is 1. The number of hydrogen-bond acceptors (Lipinski definition) is 1. The molecular weight excluding hydrogens is 333 g/mol. The zero-order valence-corrected chi connectivity index (χ0v) is 14.8. The van der Waals surface area contributed by atoms with E-state index in [1.807, 2.05) is 91.0 Å². The number of rotatable bonds is 4. The summed E-state index contributed by atoms with van der Waals surface area (Å²) in [5, 5.41) is 5.16. The van der Waals surface area contributed by atoms with Crippen LogP contribution in [-0.2, 0) is 11.8 Å². The highest BCUT2D eigenvalue weighted by molar-refractivity contribution is 8.21. The summed E-state index contributed by atoms with van der Waals surface area (Å²) in [6.07, 6.45) is -2.38. The van der Waals surface area contributed by atoms with Crippen molar-refractivity contribution < 1.29 is 0 Å². The summed E-state index contributed by atoms with van der Waals surface area (Å²) in [5.41, 5.74) is 7.06. The molecule has 3 aromatic rings. The van der Waals surface area contributed by atoms with Gasteiger partial charge in [-0.1, -0.05) is 90.7 Å². The third-order valence-corrected chi connectivity index (χ3v) is 7.51. The Kier molecular flexibility index (Phi) is 5.09. The summed E-state index contributed by atoms with van der Waals surface area (Å²) in [4.78, 5) is 0. The lowest BCUT2D eigenvalue weighted by atomic mass is 10.3. The van der Waals surface area contributed by atoms with E-state index in [9.17, 15) is 0 Å². The predicted octanol–water partition coefficient (Wildman–Crippen LogP) is 3.46. The molecule has 0 saturated heterocycles. The van der Waals surface area contributed by atoms with Crippen molar-refractivity contribution in [2.24, 2.45) is 10.5 Å². The fourth-order valence-electron chi connectivity index (χ4n) is 2.37. The molecule has 120 valence electrons. The van der Waals surface area contributed by atoms with Gasteiger partial charge in [-0.2, -0.15) is 0 Å². The number of hydrogen-bond donors (Lipinski definition) is 2. The number of guanidine groups is 1. The molecule has 0 aliphatic carbocycles. The van der Waals surface area contributed by atoms with Crippen molar-refractivity contribution in [3.8, 4) is 0 Å². The highest BCUT2D eigenvalue weighted by atomic mass is 32.4. The molecule has 3 nitrogen and oxygen atoms in total. The van der Waals surface area contributed by atoms with E-state index in [0.717, 1.165) is 16.3 Å². The van der Waals surface area contributed by atoms with Gasteiger partial charge in [-0.05, 0) is 12.1 Å². The van der Waals surface area contributed by atoms with Crippen molar-refractivity contribution >= 4 is 40.3 Å². The monoisotopic (exact) mass is 351 g/mol. The second-order valence-corrected chi connectivity index (χ2v) is 9.19. The van der Waals surface area contributed by atoms with E-state index in [1.165, 1.54) is 0 Å². The molecule has 0 unspecified atom stereocenters. The molecule has 0 saturated carbocycles. The molecular formula is C19H18N3PS. The Labute approximate surface area is 147 Å². The molecule has 0 amide bonds. The topological polar surface area (TPSA) is 50.4 Å². The van der Waals surface area contributed by atoms with E-state index >= 15 is 0 Å². The number of nitrogens with two attached hydrogens (primary N) is 1. The zero-order chi connectivity index (χ0) is 16.8. The van der Waals surface area contributed by atoms with E-state index < -0.39 is 6.19 Å². The maximum Gasteiger partial charge on any atom is 0.198 e. The molecule has 3 aromatic carbocycles. The van der Waals surface area contributed by atoms with Crippen LogP contribution in [0.15, 0.2) is 95.8 Å². The lowest BCUT2D eigenvalue weighted by Gasteiger charge is -2.19. The van der Waals surface area contributed by atoms with Crippen LogP contribution in [0.4, 0.5) is 5.69 Å². The summed E-state index contributed by atoms with van der Waals surface area (Å²) in [7, 11) is 0. The fraction of sp³-hybridized carbons (Fsp3) is 0. The first-order chi connectivity index (χ1) is 11.7. The molecule has 0 heterocycles. The molecule has 3 rings (SSSR count). The summed E-state index contributed by atoms with van der Waals surface area (Å²) >= 11 is 6.03. The largest absolute Gasteiger partial charge is 0.369 e. The normalized spacial score (nSPS) is 11.9. The van der Waals surface area contributed by atoms with Crippen LogP contribution in [0, 0.1) is 0 Å². The molecule has 0 atom stereocenters. The highest BCUT2D eigenvalue weighted by Gasteiger charge is 2.21. The molecule has 0 aromatic heterocycles. The second kappa shape index (κ2) is 7.43. The van der Waals surface area contributed by atoms with Gasteiger partial charge >= 0.3 is 0 Å². The van der Waals surface area contributed by atoms with E-state index in [4.69, 9.17) is 22.3 Å². The van der Waals surface area contributed by atoms with Crippen LogP contribution < -0.4 is 21.7 Å². The maximum atomic E-state index is 6.17. The summed E-state index contributed by atoms with van der Waals surface area (Å²) in [6, 6.07) is 29.7. The molecule has 0 bridgehead atoms. The van der Waals surface area contributed by atoms with Gasteiger partial charge < -0.3 is 11.1 Å². The lowest BCUT2D eigenvalue weighted by molar-refractivity contribution is 1.54. The summed E-state index contributed by atoms with van der Waals surface area (Å²) in [6.45, 7) is 0. The minimum Gasteiger partial charge on any atom is -0.369 e. The van der Waals surface area contributed by atoms with Crippen LogP contribution >= 0.6 is 6.19 Å². The Morgan fingerprint density at radius 1 is 0.750 bits per heavy atom. The van der Waals surface area contributed by atoms with Crippen LogP contribution in [0.1, 0.15) is 0 Å². The standard InChI is InChI=1S/C19H18N3PS/c20-19(21-16-10-4-1-5-11-16)22-23(24,17-12-6-2-7-13-17)18-14-8-3-9-15-18/h1-15H,(H3,20,21,22,24). The summed E-state index contributed by atoms with van der Waals surface area (Å²) in [5.74, 6) is 0.331. The van der Waals surface area contributed by atoms with Crippen LogP contribution in [0.3, 0.4) is 0 Å². The van der Waals surface area contributed by atoms with Gasteiger partial charge in [-0.25, -0.2) is 4.76 Å². The third-order valence-electron chi connectivity index (χ3n) is 3.51. The van der Waals surface area contributed by atoms with Gasteiger partial charge in [0.2, 0.25) is 0 Å². The van der Waals surface area contributed by atoms with Crippen molar-refractivity contribution in [2.75, 3.05) is 5.32 Å². The van der Waals surface area contributed by atoms with Gasteiger partial charge in [0.1, 0.15) is 6.19 Å². The van der Waals surface area contributed by atoms with Crippen molar-refractivity contribution in [3.63, 3.8) is 0 Å². The first-order valence-electron chi connectivity index (χ1n) is 7.57. The smallest absolute Gasteiger partial charge is 0.198 e. The number of nitrogens with one attached hydrogen (secondary N) is 1. The fourth-order valence-corrected chi connectivity index (χ4v) is 5.40. The quantitative estimate of drug-likeness (QED) is 0.430. The van der Waals surface area contributed by atoms with Gasteiger partial charge in [-0.3, -0.25) is 0 Å². The second-order valence-electron chi connectivity index (χ2n) is 5.22. The zero-order valence-electron chi connectivity index (χ0n) is 13.0. The molecule has 3 N–H and O–H groups in total. The van der Waals surface area contributed by atoms with E-state index in [2.05, 4.69) is 5.32 Å². The van der Waals surface area contributed by atoms with Gasteiger partial charge in [-0.15, -0.1) is 0 Å². The minimum atomic E-state index is -2.38. The molecule has 24 heavy (non-hydrogen) atoms. The van der Waals surface area contributed by atoms with Crippen molar-refractivity contribution in [1.29, 1.82) is 0 Å². The van der Waals surface area contributed by atoms with Crippen molar-refractivity contribution in [2.45, 2.75) is 0 Å². The summed E-state index contributed by atoms with van der Waals surface area (Å²) < 4.78 is 4.75. The Morgan fingerprint density at radius 2 is 1.17 bits per heavy atom. The van der Waals surface area contributed by atoms with Gasteiger partial charge in [0, 0.05) is 16.3 Å². The number of nitrogens with zero attached hydrogens (tertiary/aromatic N) is 1. The lowest BCUT2D eigenvalue weighted by Crippen LogP contribution is -2.25. The third kappa shape index (κ3) is 3.73. The Bertz CT molecular complexity index is 821. The van der Waals surface area contributed by atoms with E-state index in [-0.39, 0.29) is 0 Å². The first kappa shape index (κ1) is 16.4. The van der Waals surface area contributed by atoms with Crippen LogP contribution in [-0.4, -0.2) is 5.96 Å². The van der Waals surface area contributed by atoms with Crippen LogP contribution in [0.25, 0.3) is 0 Å². The van der Waals surface area contributed by atoms with Crippen LogP contribution in [0.5, 0.6) is 0 Å². The highest BCUT2D eigenvalue weighted by Crippen LogP contribution is 2.45. The maximum absolute atomic E-state index is 6.17. The van der Waals surface area contributed by atoms with E-state index in [1.54, 1.807) is 0 Å². The van der Waals surface area contributed by atoms with E-state index in [0.29, 0.717) is 5.96 Å². The molecule has 0 aliphatic heterocycles. The average molecular weight is 351 g/mol. The Morgan fingerprint density at radius 3 is 1.62 bits per heavy atom. The van der Waals surface area contributed by atoms with Crippen molar-refractivity contribution in [3.05, 3.63) is 91.0 Å². The van der Waals surface area contributed by atoms with Gasteiger partial charge in [0.05, 0.1) is 0 Å². The average Bonchev–Trinajstić information content (AvgIpc) is 2.64. The molecule has 0 fully saturated rings. The Hall–Kier alpha value is -2.42.